The molecular formula is C25H23Br2ClN2O3. The van der Waals surface area contributed by atoms with E-state index >= 15 is 0 Å². The second-order valence-corrected chi connectivity index (χ2v) is 9.57. The molecule has 2 amide bonds. The molecule has 0 unspecified atom stereocenters. The van der Waals surface area contributed by atoms with E-state index in [9.17, 15) is 9.59 Å². The molecule has 0 spiro atoms. The van der Waals surface area contributed by atoms with Crippen LogP contribution in [0.1, 0.15) is 11.1 Å². The minimum absolute atomic E-state index is 0.246. The lowest BCUT2D eigenvalue weighted by Gasteiger charge is -2.31. The molecule has 3 rings (SSSR count). The Hall–Kier alpha value is -2.35. The Morgan fingerprint density at radius 3 is 2.33 bits per heavy atom. The molecule has 0 aliphatic heterocycles. The number of hydrogen-bond donors (Lipinski definition) is 1. The molecule has 3 aromatic carbocycles. The van der Waals surface area contributed by atoms with Crippen LogP contribution < -0.4 is 10.1 Å². The zero-order valence-corrected chi connectivity index (χ0v) is 21.9. The maximum atomic E-state index is 13.4. The van der Waals surface area contributed by atoms with Crippen LogP contribution in [0.3, 0.4) is 0 Å². The lowest BCUT2D eigenvalue weighted by molar-refractivity contribution is -0.142. The number of nitrogens with one attached hydrogen (secondary N) is 1. The van der Waals surface area contributed by atoms with Gasteiger partial charge in [0.05, 0.1) is 5.02 Å². The van der Waals surface area contributed by atoms with Gasteiger partial charge in [0.2, 0.25) is 5.91 Å². The average molecular weight is 595 g/mol. The fourth-order valence-electron chi connectivity index (χ4n) is 3.37. The van der Waals surface area contributed by atoms with E-state index in [4.69, 9.17) is 16.3 Å². The van der Waals surface area contributed by atoms with Crippen molar-refractivity contribution in [3.63, 3.8) is 0 Å². The monoisotopic (exact) mass is 592 g/mol. The molecule has 1 atom stereocenters. The lowest BCUT2D eigenvalue weighted by Crippen LogP contribution is -2.51. The van der Waals surface area contributed by atoms with Crippen LogP contribution in [0.25, 0.3) is 0 Å². The van der Waals surface area contributed by atoms with Gasteiger partial charge in [-0.3, -0.25) is 9.59 Å². The van der Waals surface area contributed by atoms with Gasteiger partial charge in [0.15, 0.2) is 6.61 Å². The lowest BCUT2D eigenvalue weighted by atomic mass is 10.0. The zero-order chi connectivity index (χ0) is 23.8. The largest absolute Gasteiger partial charge is 0.482 e. The van der Waals surface area contributed by atoms with Crippen LogP contribution in [0.15, 0.2) is 81.7 Å². The molecule has 0 aliphatic rings. The van der Waals surface area contributed by atoms with E-state index in [2.05, 4.69) is 37.2 Å². The molecule has 8 heteroatoms. The van der Waals surface area contributed by atoms with Crippen LogP contribution in [-0.4, -0.2) is 36.4 Å². The van der Waals surface area contributed by atoms with Gasteiger partial charge in [-0.1, -0.05) is 85.9 Å². The minimum Gasteiger partial charge on any atom is -0.482 e. The van der Waals surface area contributed by atoms with E-state index < -0.39 is 6.04 Å². The summed E-state index contributed by atoms with van der Waals surface area (Å²) in [5.74, 6) is -0.169. The highest BCUT2D eigenvalue weighted by Gasteiger charge is 2.30. The van der Waals surface area contributed by atoms with E-state index in [1.807, 2.05) is 54.6 Å². The van der Waals surface area contributed by atoms with Gasteiger partial charge in [-0.15, -0.1) is 0 Å². The molecule has 0 heterocycles. The fraction of sp³-hybridized carbons (Fsp3) is 0.200. The molecule has 33 heavy (non-hydrogen) atoms. The third kappa shape index (κ3) is 7.32. The third-order valence-corrected chi connectivity index (χ3v) is 6.29. The molecule has 0 saturated carbocycles. The van der Waals surface area contributed by atoms with Crippen LogP contribution in [0.2, 0.25) is 5.02 Å². The SMILES string of the molecule is CNC(=O)[C@@H](Cc1ccccc1)N(Cc1cccc(Br)c1)C(=O)COc1ccc(Br)cc1Cl. The van der Waals surface area contributed by atoms with E-state index in [0.29, 0.717) is 17.2 Å². The average Bonchev–Trinajstić information content (AvgIpc) is 2.81. The van der Waals surface area contributed by atoms with E-state index in [-0.39, 0.29) is 25.0 Å². The summed E-state index contributed by atoms with van der Waals surface area (Å²) in [6.45, 7) is -0.00172. The number of benzene rings is 3. The first kappa shape index (κ1) is 25.3. The normalized spacial score (nSPS) is 11.5. The Balaban J connectivity index is 1.88. The van der Waals surface area contributed by atoms with E-state index in [1.165, 1.54) is 0 Å². The van der Waals surface area contributed by atoms with Crippen molar-refractivity contribution in [2.45, 2.75) is 19.0 Å². The predicted octanol–water partition coefficient (Wildman–Crippen LogP) is 5.63. The molecule has 0 aromatic heterocycles. The molecule has 0 radical (unpaired) electrons. The van der Waals surface area contributed by atoms with E-state index in [0.717, 1.165) is 20.1 Å². The number of nitrogens with zero attached hydrogens (tertiary/aromatic N) is 1. The summed E-state index contributed by atoms with van der Waals surface area (Å²) in [6, 6.07) is 21.7. The first-order valence-corrected chi connectivity index (χ1v) is 12.2. The number of halogens is 3. The summed E-state index contributed by atoms with van der Waals surface area (Å²) in [5.41, 5.74) is 1.84. The molecule has 3 aromatic rings. The Bertz CT molecular complexity index is 1110. The number of carbonyl (C=O) groups excluding carboxylic acids is 2. The highest BCUT2D eigenvalue weighted by Crippen LogP contribution is 2.28. The van der Waals surface area contributed by atoms with Crippen LogP contribution in [0, 0.1) is 0 Å². The van der Waals surface area contributed by atoms with Gasteiger partial charge < -0.3 is 15.0 Å². The molecular weight excluding hydrogens is 572 g/mol. The molecule has 0 fully saturated rings. The first-order chi connectivity index (χ1) is 15.9. The number of hydrogen-bond acceptors (Lipinski definition) is 3. The number of ether oxygens (including phenoxy) is 1. The smallest absolute Gasteiger partial charge is 0.261 e. The van der Waals surface area contributed by atoms with Gasteiger partial charge in [0.1, 0.15) is 11.8 Å². The topological polar surface area (TPSA) is 58.6 Å². The van der Waals surface area contributed by atoms with Crippen molar-refractivity contribution in [3.05, 3.63) is 97.9 Å². The summed E-state index contributed by atoms with van der Waals surface area (Å²) in [7, 11) is 1.57. The predicted molar refractivity (Wildman–Crippen MR) is 137 cm³/mol. The number of rotatable bonds is 9. The molecule has 0 saturated heterocycles. The van der Waals surface area contributed by atoms with Gasteiger partial charge in [-0.2, -0.15) is 0 Å². The van der Waals surface area contributed by atoms with Crippen LogP contribution >= 0.6 is 43.5 Å². The molecule has 5 nitrogen and oxygen atoms in total. The molecule has 0 bridgehead atoms. The first-order valence-electron chi connectivity index (χ1n) is 10.2. The van der Waals surface area contributed by atoms with Crippen LogP contribution in [0.4, 0.5) is 0 Å². The van der Waals surface area contributed by atoms with Crippen molar-refractivity contribution in [1.82, 2.24) is 10.2 Å². The summed E-state index contributed by atoms with van der Waals surface area (Å²) >= 11 is 13.1. The Morgan fingerprint density at radius 1 is 0.970 bits per heavy atom. The van der Waals surface area contributed by atoms with E-state index in [1.54, 1.807) is 30.1 Å². The Kier molecular flexibility index (Phi) is 9.35. The highest BCUT2D eigenvalue weighted by molar-refractivity contribution is 9.10. The maximum Gasteiger partial charge on any atom is 0.261 e. The number of amides is 2. The summed E-state index contributed by atoms with van der Waals surface area (Å²) in [6.07, 6.45) is 0.374. The number of likely N-dealkylation sites (N-methyl/N-ethyl adjacent to an activating group) is 1. The Labute approximate surface area is 215 Å². The van der Waals surface area contributed by atoms with Crippen molar-refractivity contribution < 1.29 is 14.3 Å². The van der Waals surface area contributed by atoms with Gasteiger partial charge in [-0.05, 0) is 41.5 Å². The zero-order valence-electron chi connectivity index (χ0n) is 17.9. The molecule has 1 N–H and O–H groups in total. The van der Waals surface area contributed by atoms with Crippen molar-refractivity contribution in [3.8, 4) is 5.75 Å². The highest BCUT2D eigenvalue weighted by atomic mass is 79.9. The Morgan fingerprint density at radius 2 is 1.67 bits per heavy atom. The molecule has 172 valence electrons. The van der Waals surface area contributed by atoms with Gasteiger partial charge in [-0.25, -0.2) is 0 Å². The van der Waals surface area contributed by atoms with Crippen molar-refractivity contribution in [2.75, 3.05) is 13.7 Å². The third-order valence-electron chi connectivity index (χ3n) is 5.00. The second-order valence-electron chi connectivity index (χ2n) is 7.33. The van der Waals surface area contributed by atoms with Crippen molar-refractivity contribution in [1.29, 1.82) is 0 Å². The number of carbonyl (C=O) groups is 2. The fourth-order valence-corrected chi connectivity index (χ4v) is 4.54. The minimum atomic E-state index is -0.715. The summed E-state index contributed by atoms with van der Waals surface area (Å²) in [5, 5.41) is 3.09. The van der Waals surface area contributed by atoms with Gasteiger partial charge in [0, 0.05) is 29.0 Å². The molecule has 0 aliphatic carbocycles. The maximum absolute atomic E-state index is 13.4. The van der Waals surface area contributed by atoms with Crippen LogP contribution in [0.5, 0.6) is 5.75 Å². The second kappa shape index (κ2) is 12.2. The van der Waals surface area contributed by atoms with Crippen LogP contribution in [-0.2, 0) is 22.6 Å². The van der Waals surface area contributed by atoms with Crippen molar-refractivity contribution >= 4 is 55.3 Å². The van der Waals surface area contributed by atoms with Crippen molar-refractivity contribution in [2.24, 2.45) is 0 Å². The standard InChI is InChI=1S/C25H23Br2ClN2O3/c1-29-25(32)22(13-17-6-3-2-4-7-17)30(15-18-8-5-9-19(26)12-18)24(31)16-33-23-11-10-20(27)14-21(23)28/h2-12,14,22H,13,15-16H2,1H3,(H,29,32)/t22-/m1/s1. The summed E-state index contributed by atoms with van der Waals surface area (Å²) in [4.78, 5) is 27.9. The van der Waals surface area contributed by atoms with Gasteiger partial charge in [0.25, 0.3) is 5.91 Å². The summed E-state index contributed by atoms with van der Waals surface area (Å²) < 4.78 is 7.43. The quantitative estimate of drug-likeness (QED) is 0.350. The van der Waals surface area contributed by atoms with Gasteiger partial charge >= 0.3 is 0 Å².